The van der Waals surface area contributed by atoms with Gasteiger partial charge >= 0.3 is 6.18 Å². The van der Waals surface area contributed by atoms with Crippen LogP contribution in [0.4, 0.5) is 29.1 Å². The van der Waals surface area contributed by atoms with E-state index in [1.54, 1.807) is 0 Å². The molecule has 9 nitrogen and oxygen atoms in total. The molecule has 2 aromatic heterocycles. The average Bonchev–Trinajstić information content (AvgIpc) is 2.71. The summed E-state index contributed by atoms with van der Waals surface area (Å²) in [6.07, 6.45) is -3.69. The predicted molar refractivity (Wildman–Crippen MR) is 105 cm³/mol. The van der Waals surface area contributed by atoms with Crippen LogP contribution in [0.1, 0.15) is 35.6 Å². The van der Waals surface area contributed by atoms with E-state index in [0.717, 1.165) is 25.3 Å². The van der Waals surface area contributed by atoms with Gasteiger partial charge in [0.1, 0.15) is 34.8 Å². The van der Waals surface area contributed by atoms with Gasteiger partial charge in [0.25, 0.3) is 5.91 Å². The number of aliphatic imine (C=N–C) groups is 1. The third-order valence-corrected chi connectivity index (χ3v) is 4.90. The van der Waals surface area contributed by atoms with Gasteiger partial charge in [0, 0.05) is 6.20 Å². The van der Waals surface area contributed by atoms with Gasteiger partial charge in [0.2, 0.25) is 5.60 Å². The van der Waals surface area contributed by atoms with Crippen LogP contribution in [-0.4, -0.2) is 40.1 Å². The third-order valence-electron chi connectivity index (χ3n) is 4.90. The normalized spacial score (nSPS) is 23.2. The van der Waals surface area contributed by atoms with Crippen molar-refractivity contribution in [3.8, 4) is 6.07 Å². The predicted octanol–water partition coefficient (Wildman–Crippen LogP) is 2.25. The van der Waals surface area contributed by atoms with Crippen molar-refractivity contribution in [1.82, 2.24) is 9.97 Å². The van der Waals surface area contributed by atoms with Gasteiger partial charge in [-0.15, -0.1) is 0 Å². The monoisotopic (exact) mass is 451 g/mol. The zero-order valence-electron chi connectivity index (χ0n) is 16.8. The summed E-state index contributed by atoms with van der Waals surface area (Å²) in [6.45, 7) is 1.35. The number of amidine groups is 1. The molecule has 0 radical (unpaired) electrons. The van der Waals surface area contributed by atoms with Crippen LogP contribution in [-0.2, 0) is 10.3 Å². The molecule has 3 rings (SSSR count). The molecule has 0 spiro atoms. The lowest BCUT2D eigenvalue weighted by atomic mass is 9.93. The van der Waals surface area contributed by atoms with Crippen LogP contribution in [0.2, 0.25) is 0 Å². The Morgan fingerprint density at radius 2 is 2.00 bits per heavy atom. The molecule has 1 aliphatic heterocycles. The van der Waals surface area contributed by atoms with Crippen molar-refractivity contribution in [2.45, 2.75) is 31.2 Å². The van der Waals surface area contributed by atoms with Crippen molar-refractivity contribution < 1.29 is 27.1 Å². The molecule has 0 aromatic carbocycles. The number of carbonyl (C=O) groups is 1. The van der Waals surface area contributed by atoms with E-state index < -0.39 is 41.5 Å². The Balaban J connectivity index is 1.93. The van der Waals surface area contributed by atoms with Gasteiger partial charge < -0.3 is 21.5 Å². The van der Waals surface area contributed by atoms with E-state index in [2.05, 4.69) is 20.3 Å². The first-order chi connectivity index (χ1) is 14.8. The van der Waals surface area contributed by atoms with E-state index in [1.807, 2.05) is 6.07 Å². The van der Waals surface area contributed by atoms with Crippen LogP contribution in [0.15, 0.2) is 29.4 Å². The molecule has 1 aliphatic rings. The van der Waals surface area contributed by atoms with E-state index in [1.165, 1.54) is 13.0 Å². The Hall–Kier alpha value is -3.79. The minimum atomic E-state index is -4.84. The fourth-order valence-corrected chi connectivity index (χ4v) is 2.91. The van der Waals surface area contributed by atoms with Crippen molar-refractivity contribution in [1.29, 1.82) is 5.26 Å². The van der Waals surface area contributed by atoms with Crippen molar-refractivity contribution in [3.63, 3.8) is 0 Å². The molecule has 1 amide bonds. The van der Waals surface area contributed by atoms with Gasteiger partial charge in [-0.25, -0.2) is 14.4 Å². The molecule has 0 bridgehead atoms. The van der Waals surface area contributed by atoms with Gasteiger partial charge in [-0.05, 0) is 32.0 Å². The SMILES string of the molecule is C[C@@]1(c2nc(NC(=O)c3ncc(C#N)cc3N)ccc2F)CO[C@@](C)(C(F)(F)F)C(N)=N1. The zero-order valence-corrected chi connectivity index (χ0v) is 16.8. The summed E-state index contributed by atoms with van der Waals surface area (Å²) >= 11 is 0. The zero-order chi connectivity index (χ0) is 23.9. The number of carbonyl (C=O) groups excluding carboxylic acids is 1. The molecule has 13 heteroatoms. The number of hydrogen-bond donors (Lipinski definition) is 3. The Bertz CT molecular complexity index is 1160. The van der Waals surface area contributed by atoms with E-state index in [4.69, 9.17) is 21.5 Å². The standard InChI is InChI=1S/C19H17F4N7O2/c1-17(8-32-18(2,16(26)30-17)19(21,22)23)14-10(20)3-4-12(28-14)29-15(31)13-11(25)5-9(6-24)7-27-13/h3-5,7H,8,25H2,1-2H3,(H2,26,30)(H,28,29,31)/t17-,18+/m0/s1. The van der Waals surface area contributed by atoms with Crippen molar-refractivity contribution in [2.24, 2.45) is 10.7 Å². The molecule has 2 aromatic rings. The fourth-order valence-electron chi connectivity index (χ4n) is 2.91. The van der Waals surface area contributed by atoms with Gasteiger partial charge in [-0.3, -0.25) is 9.79 Å². The lowest BCUT2D eigenvalue weighted by molar-refractivity contribution is -0.249. The first-order valence-electron chi connectivity index (χ1n) is 9.01. The average molecular weight is 451 g/mol. The van der Waals surface area contributed by atoms with Crippen molar-refractivity contribution in [3.05, 3.63) is 47.2 Å². The van der Waals surface area contributed by atoms with Crippen LogP contribution in [0.3, 0.4) is 0 Å². The Kier molecular flexibility index (Phi) is 5.52. The number of nitriles is 1. The lowest BCUT2D eigenvalue weighted by Gasteiger charge is -2.40. The molecule has 0 fully saturated rings. The Morgan fingerprint density at radius 1 is 1.31 bits per heavy atom. The maximum Gasteiger partial charge on any atom is 0.424 e. The summed E-state index contributed by atoms with van der Waals surface area (Å²) in [7, 11) is 0. The highest BCUT2D eigenvalue weighted by atomic mass is 19.4. The molecular formula is C19H17F4N7O2. The number of pyridine rings is 2. The first kappa shape index (κ1) is 22.9. The molecule has 0 aliphatic carbocycles. The van der Waals surface area contributed by atoms with Crippen LogP contribution in [0.5, 0.6) is 0 Å². The number of hydrogen-bond acceptors (Lipinski definition) is 8. The largest absolute Gasteiger partial charge is 0.424 e. The molecule has 0 saturated carbocycles. The van der Waals surface area contributed by atoms with Crippen LogP contribution in [0.25, 0.3) is 0 Å². The van der Waals surface area contributed by atoms with E-state index in [9.17, 15) is 22.4 Å². The summed E-state index contributed by atoms with van der Waals surface area (Å²) < 4.78 is 59.4. The molecule has 32 heavy (non-hydrogen) atoms. The van der Waals surface area contributed by atoms with Gasteiger partial charge in [-0.1, -0.05) is 0 Å². The number of nitrogens with one attached hydrogen (secondary N) is 1. The summed E-state index contributed by atoms with van der Waals surface area (Å²) in [5.74, 6) is -2.72. The van der Waals surface area contributed by atoms with Crippen LogP contribution in [0, 0.1) is 17.1 Å². The van der Waals surface area contributed by atoms with Crippen molar-refractivity contribution in [2.75, 3.05) is 17.7 Å². The van der Waals surface area contributed by atoms with Gasteiger partial charge in [-0.2, -0.15) is 18.4 Å². The number of nitrogen functional groups attached to an aromatic ring is 1. The number of nitrogens with zero attached hydrogens (tertiary/aromatic N) is 4. The Morgan fingerprint density at radius 3 is 2.56 bits per heavy atom. The second kappa shape index (κ2) is 7.72. The van der Waals surface area contributed by atoms with Crippen LogP contribution >= 0.6 is 0 Å². The molecule has 2 atom stereocenters. The Labute approximate surface area is 179 Å². The molecule has 0 saturated heterocycles. The fraction of sp³-hybridized carbons (Fsp3) is 0.316. The van der Waals surface area contributed by atoms with E-state index >= 15 is 0 Å². The second-order valence-electron chi connectivity index (χ2n) is 7.35. The number of rotatable bonds is 3. The van der Waals surface area contributed by atoms with Gasteiger partial charge in [0.05, 0.1) is 17.9 Å². The number of aromatic nitrogens is 2. The topological polar surface area (TPSA) is 152 Å². The minimum Gasteiger partial charge on any atom is -0.397 e. The maximum absolute atomic E-state index is 14.5. The summed E-state index contributed by atoms with van der Waals surface area (Å²) in [4.78, 5) is 24.1. The number of anilines is 2. The lowest BCUT2D eigenvalue weighted by Crippen LogP contribution is -2.60. The molecular weight excluding hydrogens is 434 g/mol. The molecule has 3 heterocycles. The smallest absolute Gasteiger partial charge is 0.397 e. The quantitative estimate of drug-likeness (QED) is 0.605. The van der Waals surface area contributed by atoms with Gasteiger partial charge in [0.15, 0.2) is 5.69 Å². The van der Waals surface area contributed by atoms with Crippen LogP contribution < -0.4 is 16.8 Å². The van der Waals surface area contributed by atoms with E-state index in [-0.39, 0.29) is 28.5 Å². The summed E-state index contributed by atoms with van der Waals surface area (Å²) in [5.41, 5.74) is 6.24. The maximum atomic E-state index is 14.5. The molecule has 168 valence electrons. The number of amides is 1. The number of alkyl halides is 3. The summed E-state index contributed by atoms with van der Waals surface area (Å²) in [5, 5.41) is 11.2. The highest BCUT2D eigenvalue weighted by Gasteiger charge is 2.59. The third kappa shape index (κ3) is 3.92. The second-order valence-corrected chi connectivity index (χ2v) is 7.35. The summed E-state index contributed by atoms with van der Waals surface area (Å²) in [6, 6.07) is 5.17. The highest BCUT2D eigenvalue weighted by molar-refractivity contribution is 6.05. The number of nitrogens with two attached hydrogens (primary N) is 2. The molecule has 0 unspecified atom stereocenters. The highest BCUT2D eigenvalue weighted by Crippen LogP contribution is 2.41. The number of ether oxygens (including phenoxy) is 1. The van der Waals surface area contributed by atoms with E-state index in [0.29, 0.717) is 0 Å². The van der Waals surface area contributed by atoms with Crippen molar-refractivity contribution >= 4 is 23.2 Å². The first-order valence-corrected chi connectivity index (χ1v) is 9.01. The number of halogens is 4. The molecule has 5 N–H and O–H groups in total. The minimum absolute atomic E-state index is 0.0691.